The molecule has 1 aromatic rings. The SMILES string of the molecule is CC(O)[C@H]1O[C@@H]2SC(N(C)C(=O)O)=N[C@@H]2[C@H](F)[C@@H]1OCc1ccccc1. The third-order valence-corrected chi connectivity index (χ3v) is 5.56. The second kappa shape index (κ2) is 7.91. The summed E-state index contributed by atoms with van der Waals surface area (Å²) >= 11 is 1.04. The van der Waals surface area contributed by atoms with E-state index in [1.807, 2.05) is 30.3 Å². The molecule has 0 aromatic heterocycles. The number of fused-ring (bicyclic) bond motifs is 1. The lowest BCUT2D eigenvalue weighted by molar-refractivity contribution is -0.188. The molecule has 2 heterocycles. The average molecular weight is 384 g/mol. The van der Waals surface area contributed by atoms with Gasteiger partial charge in [-0.2, -0.15) is 0 Å². The minimum atomic E-state index is -1.52. The van der Waals surface area contributed by atoms with Crippen LogP contribution in [0, 0.1) is 0 Å². The van der Waals surface area contributed by atoms with Crippen molar-refractivity contribution in [3.8, 4) is 0 Å². The number of ether oxygens (including phenoxy) is 2. The molecular formula is C17H21FN2O5S. The zero-order valence-electron chi connectivity index (χ0n) is 14.4. The van der Waals surface area contributed by atoms with Crippen molar-refractivity contribution < 1.29 is 28.9 Å². The predicted octanol–water partition coefficient (Wildman–Crippen LogP) is 2.10. The third kappa shape index (κ3) is 3.85. The molecule has 1 unspecified atom stereocenters. The number of amidine groups is 1. The van der Waals surface area contributed by atoms with Gasteiger partial charge in [-0.3, -0.25) is 9.89 Å². The number of hydrogen-bond acceptors (Lipinski definition) is 6. The average Bonchev–Trinajstić information content (AvgIpc) is 3.05. The van der Waals surface area contributed by atoms with Gasteiger partial charge in [-0.1, -0.05) is 42.1 Å². The van der Waals surface area contributed by atoms with Crippen molar-refractivity contribution in [3.63, 3.8) is 0 Å². The first-order valence-corrected chi connectivity index (χ1v) is 9.10. The molecule has 0 aliphatic carbocycles. The molecule has 26 heavy (non-hydrogen) atoms. The summed E-state index contributed by atoms with van der Waals surface area (Å²) in [5, 5.41) is 19.3. The Morgan fingerprint density at radius 1 is 1.46 bits per heavy atom. The summed E-state index contributed by atoms with van der Waals surface area (Å²) in [6.45, 7) is 1.69. The maximum absolute atomic E-state index is 15.2. The van der Waals surface area contributed by atoms with Crippen LogP contribution in [0.3, 0.4) is 0 Å². The highest BCUT2D eigenvalue weighted by Gasteiger charge is 2.52. The predicted molar refractivity (Wildman–Crippen MR) is 94.9 cm³/mol. The van der Waals surface area contributed by atoms with Crippen molar-refractivity contribution in [2.45, 2.75) is 49.5 Å². The molecule has 6 atom stereocenters. The van der Waals surface area contributed by atoms with Gasteiger partial charge in [0.1, 0.15) is 23.7 Å². The molecule has 2 N–H and O–H groups in total. The lowest BCUT2D eigenvalue weighted by Gasteiger charge is -2.40. The molecule has 7 nitrogen and oxygen atoms in total. The number of alkyl halides is 1. The molecule has 1 saturated heterocycles. The molecule has 2 aliphatic heterocycles. The Bertz CT molecular complexity index is 674. The number of benzene rings is 1. The quantitative estimate of drug-likeness (QED) is 0.826. The number of carbonyl (C=O) groups is 1. The number of hydrogen-bond donors (Lipinski definition) is 2. The monoisotopic (exact) mass is 384 g/mol. The summed E-state index contributed by atoms with van der Waals surface area (Å²) in [7, 11) is 1.34. The van der Waals surface area contributed by atoms with E-state index in [9.17, 15) is 9.90 Å². The van der Waals surface area contributed by atoms with Gasteiger partial charge in [0.15, 0.2) is 11.3 Å². The lowest BCUT2D eigenvalue weighted by Crippen LogP contribution is -2.57. The van der Waals surface area contributed by atoms with Crippen LogP contribution >= 0.6 is 11.8 Å². The number of carboxylic acid groups (broad SMARTS) is 1. The molecule has 0 spiro atoms. The summed E-state index contributed by atoms with van der Waals surface area (Å²) in [6, 6.07) is 8.43. The largest absolute Gasteiger partial charge is 0.465 e. The summed E-state index contributed by atoms with van der Waals surface area (Å²) in [4.78, 5) is 16.2. The van der Waals surface area contributed by atoms with Crippen molar-refractivity contribution >= 4 is 23.0 Å². The van der Waals surface area contributed by atoms with Gasteiger partial charge in [0, 0.05) is 7.05 Å². The van der Waals surface area contributed by atoms with Gasteiger partial charge in [0.05, 0.1) is 12.7 Å². The first-order valence-electron chi connectivity index (χ1n) is 8.22. The lowest BCUT2D eigenvalue weighted by atomic mass is 9.96. The molecule has 142 valence electrons. The highest BCUT2D eigenvalue weighted by atomic mass is 32.2. The zero-order chi connectivity index (χ0) is 18.8. The highest BCUT2D eigenvalue weighted by Crippen LogP contribution is 2.40. The van der Waals surface area contributed by atoms with Gasteiger partial charge in [-0.05, 0) is 12.5 Å². The van der Waals surface area contributed by atoms with Crippen LogP contribution in [-0.4, -0.2) is 69.4 Å². The van der Waals surface area contributed by atoms with Crippen LogP contribution in [0.25, 0.3) is 0 Å². The zero-order valence-corrected chi connectivity index (χ0v) is 15.2. The van der Waals surface area contributed by atoms with E-state index in [0.29, 0.717) is 0 Å². The number of thioether (sulfide) groups is 1. The molecule has 2 aliphatic rings. The number of aliphatic hydroxyl groups excluding tert-OH is 1. The van der Waals surface area contributed by atoms with Crippen LogP contribution in [0.1, 0.15) is 12.5 Å². The van der Waals surface area contributed by atoms with Crippen LogP contribution in [0.4, 0.5) is 9.18 Å². The van der Waals surface area contributed by atoms with Crippen molar-refractivity contribution in [1.29, 1.82) is 0 Å². The second-order valence-electron chi connectivity index (χ2n) is 6.28. The van der Waals surface area contributed by atoms with E-state index < -0.39 is 42.1 Å². The van der Waals surface area contributed by atoms with Crippen molar-refractivity contribution in [2.24, 2.45) is 4.99 Å². The standard InChI is InChI=1S/C17H21FN2O5S/c1-9(21)13-14(24-8-10-6-4-3-5-7-10)11(18)12-15(25-13)26-16(19-12)20(2)17(22)23/h3-7,9,11-15,21H,8H2,1-2H3,(H,22,23)/t9?,11-,12+,13+,14-,15+/m0/s1. The fourth-order valence-electron chi connectivity index (χ4n) is 2.92. The normalized spacial score (nSPS) is 31.8. The number of amides is 1. The Labute approximate surface area is 154 Å². The van der Waals surface area contributed by atoms with Gasteiger partial charge in [-0.15, -0.1) is 0 Å². The number of nitrogens with zero attached hydrogens (tertiary/aromatic N) is 2. The number of aliphatic hydroxyl groups is 1. The van der Waals surface area contributed by atoms with Crippen LogP contribution < -0.4 is 0 Å². The van der Waals surface area contributed by atoms with Gasteiger partial charge < -0.3 is 19.7 Å². The molecule has 3 rings (SSSR count). The molecule has 0 radical (unpaired) electrons. The number of halogens is 1. The topological polar surface area (TPSA) is 91.6 Å². The summed E-state index contributed by atoms with van der Waals surface area (Å²) in [5.74, 6) is 0. The molecule has 0 bridgehead atoms. The van der Waals surface area contributed by atoms with Gasteiger partial charge in [0.2, 0.25) is 0 Å². The van der Waals surface area contributed by atoms with Crippen molar-refractivity contribution in [3.05, 3.63) is 35.9 Å². The Hall–Kier alpha value is -1.68. The second-order valence-corrected chi connectivity index (χ2v) is 7.34. The Morgan fingerprint density at radius 3 is 2.77 bits per heavy atom. The fourth-order valence-corrected chi connectivity index (χ4v) is 4.08. The summed E-state index contributed by atoms with van der Waals surface area (Å²) in [5.41, 5.74) is 0.180. The molecule has 1 aromatic carbocycles. The van der Waals surface area contributed by atoms with Crippen LogP contribution in [0.15, 0.2) is 35.3 Å². The van der Waals surface area contributed by atoms with Gasteiger partial charge in [-0.25, -0.2) is 9.18 Å². The molecule has 9 heteroatoms. The van der Waals surface area contributed by atoms with E-state index in [0.717, 1.165) is 22.2 Å². The van der Waals surface area contributed by atoms with Crippen LogP contribution in [0.2, 0.25) is 0 Å². The molecule has 1 fully saturated rings. The maximum Gasteiger partial charge on any atom is 0.413 e. The van der Waals surface area contributed by atoms with Crippen LogP contribution in [0.5, 0.6) is 0 Å². The van der Waals surface area contributed by atoms with Crippen LogP contribution in [-0.2, 0) is 16.1 Å². The van der Waals surface area contributed by atoms with Crippen molar-refractivity contribution in [1.82, 2.24) is 4.90 Å². The minimum Gasteiger partial charge on any atom is -0.465 e. The van der Waals surface area contributed by atoms with E-state index in [2.05, 4.69) is 4.99 Å². The smallest absolute Gasteiger partial charge is 0.413 e. The first-order chi connectivity index (χ1) is 12.4. The van der Waals surface area contributed by atoms with Crippen molar-refractivity contribution in [2.75, 3.05) is 7.05 Å². The summed E-state index contributed by atoms with van der Waals surface area (Å²) < 4.78 is 26.7. The summed E-state index contributed by atoms with van der Waals surface area (Å²) in [6.07, 6.45) is -5.53. The Morgan fingerprint density at radius 2 is 2.15 bits per heavy atom. The minimum absolute atomic E-state index is 0.170. The fraction of sp³-hybridized carbons (Fsp3) is 0.529. The van der Waals surface area contributed by atoms with E-state index in [1.165, 1.54) is 14.0 Å². The van der Waals surface area contributed by atoms with E-state index >= 15 is 4.39 Å². The number of rotatable bonds is 4. The highest BCUT2D eigenvalue weighted by molar-refractivity contribution is 8.14. The molecular weight excluding hydrogens is 363 g/mol. The van der Waals surface area contributed by atoms with E-state index in [-0.39, 0.29) is 11.8 Å². The molecule has 0 saturated carbocycles. The third-order valence-electron chi connectivity index (χ3n) is 4.35. The number of aliphatic imine (C=N–C) groups is 1. The Kier molecular flexibility index (Phi) is 5.81. The first kappa shape index (κ1) is 19.1. The van der Waals surface area contributed by atoms with Gasteiger partial charge >= 0.3 is 6.09 Å². The molecule has 1 amide bonds. The van der Waals surface area contributed by atoms with E-state index in [4.69, 9.17) is 14.6 Å². The van der Waals surface area contributed by atoms with Gasteiger partial charge in [0.25, 0.3) is 0 Å². The Balaban J connectivity index is 1.76. The maximum atomic E-state index is 15.2. The van der Waals surface area contributed by atoms with E-state index in [1.54, 1.807) is 0 Å².